The molecule has 160 valence electrons. The van der Waals surface area contributed by atoms with E-state index >= 15 is 0 Å². The Labute approximate surface area is 181 Å². The van der Waals surface area contributed by atoms with Crippen molar-refractivity contribution in [3.8, 4) is 5.69 Å². The third-order valence-electron chi connectivity index (χ3n) is 7.01. The van der Waals surface area contributed by atoms with Gasteiger partial charge < -0.3 is 9.47 Å². The lowest BCUT2D eigenvalue weighted by Gasteiger charge is -2.43. The summed E-state index contributed by atoms with van der Waals surface area (Å²) in [5.41, 5.74) is 3.27. The summed E-state index contributed by atoms with van der Waals surface area (Å²) in [6.45, 7) is 5.48. The number of anilines is 1. The lowest BCUT2D eigenvalue weighted by Crippen LogP contribution is -2.48. The van der Waals surface area contributed by atoms with E-state index in [0.29, 0.717) is 11.8 Å². The first-order chi connectivity index (χ1) is 15.3. The predicted molar refractivity (Wildman–Crippen MR) is 117 cm³/mol. The number of aromatic nitrogens is 5. The van der Waals surface area contributed by atoms with E-state index in [4.69, 9.17) is 0 Å². The third-order valence-corrected chi connectivity index (χ3v) is 7.01. The lowest BCUT2D eigenvalue weighted by molar-refractivity contribution is 0.275. The predicted octanol–water partition coefficient (Wildman–Crippen LogP) is 2.04. The van der Waals surface area contributed by atoms with Crippen molar-refractivity contribution in [2.75, 3.05) is 31.1 Å². The molecule has 0 saturated carbocycles. The Morgan fingerprint density at radius 3 is 2.65 bits per heavy atom. The summed E-state index contributed by atoms with van der Waals surface area (Å²) in [5, 5.41) is 12.5. The van der Waals surface area contributed by atoms with Crippen LogP contribution in [0.5, 0.6) is 0 Å². The number of para-hydroxylation sites is 1. The molecule has 0 spiro atoms. The van der Waals surface area contributed by atoms with Gasteiger partial charge in [0.2, 0.25) is 5.95 Å². The van der Waals surface area contributed by atoms with E-state index in [1.54, 1.807) is 0 Å². The van der Waals surface area contributed by atoms with Crippen LogP contribution in [0.4, 0.5) is 5.95 Å². The minimum atomic E-state index is 0.210. The van der Waals surface area contributed by atoms with Crippen LogP contribution in [-0.2, 0) is 13.1 Å². The van der Waals surface area contributed by atoms with E-state index in [-0.39, 0.29) is 5.56 Å². The number of hydrogen-bond donors (Lipinski definition) is 0. The topological polar surface area (TPSA) is 72.1 Å². The largest absolute Gasteiger partial charge is 0.338 e. The number of nitrogens with zero attached hydrogens (tertiary/aromatic N) is 7. The zero-order valence-corrected chi connectivity index (χ0v) is 17.6. The lowest BCUT2D eigenvalue weighted by atomic mass is 9.83. The van der Waals surface area contributed by atoms with Crippen molar-refractivity contribution in [3.63, 3.8) is 0 Å². The number of likely N-dealkylation sites (tertiary alicyclic amines) is 1. The Morgan fingerprint density at radius 2 is 1.81 bits per heavy atom. The van der Waals surface area contributed by atoms with Gasteiger partial charge in [-0.05, 0) is 66.9 Å². The summed E-state index contributed by atoms with van der Waals surface area (Å²) >= 11 is 0. The summed E-state index contributed by atoms with van der Waals surface area (Å²) < 4.78 is 3.87. The van der Waals surface area contributed by atoms with Crippen molar-refractivity contribution in [1.29, 1.82) is 0 Å². The molecule has 2 bridgehead atoms. The smallest absolute Gasteiger partial charge is 0.255 e. The fourth-order valence-electron chi connectivity index (χ4n) is 5.57. The number of tetrazole rings is 1. The Hall–Kier alpha value is -3.00. The number of benzene rings is 1. The van der Waals surface area contributed by atoms with Gasteiger partial charge in [-0.1, -0.05) is 29.4 Å². The summed E-state index contributed by atoms with van der Waals surface area (Å²) in [6, 6.07) is 14.3. The van der Waals surface area contributed by atoms with Gasteiger partial charge in [0.25, 0.3) is 5.56 Å². The minimum Gasteiger partial charge on any atom is -0.338 e. The van der Waals surface area contributed by atoms with Gasteiger partial charge in [-0.15, -0.1) is 0 Å². The highest BCUT2D eigenvalue weighted by atomic mass is 16.1. The van der Waals surface area contributed by atoms with Gasteiger partial charge in [-0.3, -0.25) is 9.69 Å². The molecular weight excluding hydrogens is 390 g/mol. The van der Waals surface area contributed by atoms with Gasteiger partial charge in [0, 0.05) is 43.4 Å². The highest BCUT2D eigenvalue weighted by molar-refractivity contribution is 5.42. The first-order valence-electron chi connectivity index (χ1n) is 11.3. The SMILES string of the molecule is O=c1c(CN2CCCC2)ccc2n1C[C@H]1C[C@@H]2CN(c2nnnn2-c2ccccc2)C1. The van der Waals surface area contributed by atoms with E-state index in [2.05, 4.69) is 42.0 Å². The molecule has 0 radical (unpaired) electrons. The molecule has 3 aliphatic heterocycles. The first kappa shape index (κ1) is 18.7. The van der Waals surface area contributed by atoms with Gasteiger partial charge in [0.05, 0.1) is 5.69 Å². The highest BCUT2D eigenvalue weighted by Crippen LogP contribution is 2.36. The number of rotatable bonds is 4. The van der Waals surface area contributed by atoms with Crippen molar-refractivity contribution in [2.45, 2.75) is 38.3 Å². The van der Waals surface area contributed by atoms with Crippen LogP contribution in [0.25, 0.3) is 5.69 Å². The van der Waals surface area contributed by atoms with Crippen molar-refractivity contribution in [2.24, 2.45) is 5.92 Å². The molecule has 2 aromatic heterocycles. The molecule has 1 aromatic carbocycles. The van der Waals surface area contributed by atoms with Gasteiger partial charge in [0.1, 0.15) is 0 Å². The molecule has 8 heteroatoms. The number of piperidine rings is 1. The molecule has 31 heavy (non-hydrogen) atoms. The van der Waals surface area contributed by atoms with Gasteiger partial charge in [-0.25, -0.2) is 0 Å². The van der Waals surface area contributed by atoms with Crippen LogP contribution in [-0.4, -0.2) is 55.9 Å². The molecule has 2 atom stereocenters. The second-order valence-electron chi connectivity index (χ2n) is 9.11. The Kier molecular flexibility index (Phi) is 4.60. The van der Waals surface area contributed by atoms with Gasteiger partial charge in [-0.2, -0.15) is 4.68 Å². The maximum atomic E-state index is 13.3. The summed E-state index contributed by atoms with van der Waals surface area (Å²) in [5.74, 6) is 1.52. The van der Waals surface area contributed by atoms with E-state index in [1.807, 2.05) is 35.0 Å². The van der Waals surface area contributed by atoms with Crippen LogP contribution >= 0.6 is 0 Å². The van der Waals surface area contributed by atoms with Crippen LogP contribution in [0, 0.1) is 5.92 Å². The first-order valence-corrected chi connectivity index (χ1v) is 11.3. The Balaban J connectivity index is 1.28. The second kappa shape index (κ2) is 7.60. The third kappa shape index (κ3) is 3.35. The molecule has 2 saturated heterocycles. The van der Waals surface area contributed by atoms with E-state index in [0.717, 1.165) is 68.6 Å². The number of fused-ring (bicyclic) bond motifs is 4. The van der Waals surface area contributed by atoms with E-state index < -0.39 is 0 Å². The number of hydrogen-bond acceptors (Lipinski definition) is 6. The van der Waals surface area contributed by atoms with Crippen LogP contribution in [0.15, 0.2) is 47.3 Å². The maximum absolute atomic E-state index is 13.3. The van der Waals surface area contributed by atoms with Crippen LogP contribution in [0.2, 0.25) is 0 Å². The van der Waals surface area contributed by atoms with Crippen LogP contribution in [0.1, 0.15) is 36.4 Å². The van der Waals surface area contributed by atoms with Crippen molar-refractivity contribution < 1.29 is 0 Å². The second-order valence-corrected chi connectivity index (χ2v) is 9.11. The number of pyridine rings is 1. The molecule has 5 heterocycles. The molecule has 6 rings (SSSR count). The Morgan fingerprint density at radius 1 is 0.968 bits per heavy atom. The van der Waals surface area contributed by atoms with E-state index in [1.165, 1.54) is 12.8 Å². The summed E-state index contributed by atoms with van der Waals surface area (Å²) in [4.78, 5) is 18.0. The quantitative estimate of drug-likeness (QED) is 0.647. The summed E-state index contributed by atoms with van der Waals surface area (Å²) in [6.07, 6.45) is 3.61. The van der Waals surface area contributed by atoms with Crippen LogP contribution < -0.4 is 10.5 Å². The minimum absolute atomic E-state index is 0.210. The highest BCUT2D eigenvalue weighted by Gasteiger charge is 2.36. The van der Waals surface area contributed by atoms with Crippen LogP contribution in [0.3, 0.4) is 0 Å². The van der Waals surface area contributed by atoms with Crippen molar-refractivity contribution in [1.82, 2.24) is 29.7 Å². The molecule has 0 aliphatic carbocycles. The zero-order valence-electron chi connectivity index (χ0n) is 17.6. The molecule has 8 nitrogen and oxygen atoms in total. The molecule has 3 aliphatic rings. The fourth-order valence-corrected chi connectivity index (χ4v) is 5.57. The fraction of sp³-hybridized carbons (Fsp3) is 0.478. The standard InChI is InChI=1S/C23H27N7O/c31-22-18(15-27-10-4-5-11-27)8-9-21-19-12-17(14-29(21)22)13-28(16-19)23-24-25-26-30(23)20-6-2-1-3-7-20/h1-3,6-9,17,19H,4-5,10-16H2/t17-,19+/m0/s1. The molecule has 2 fully saturated rings. The molecule has 0 amide bonds. The van der Waals surface area contributed by atoms with E-state index in [9.17, 15) is 4.79 Å². The Bertz CT molecular complexity index is 1130. The molecule has 3 aromatic rings. The van der Waals surface area contributed by atoms with Crippen molar-refractivity contribution >= 4 is 5.95 Å². The average Bonchev–Trinajstić information content (AvgIpc) is 3.49. The van der Waals surface area contributed by atoms with Gasteiger partial charge >= 0.3 is 0 Å². The zero-order chi connectivity index (χ0) is 20.8. The molecule has 0 N–H and O–H groups in total. The normalized spacial score (nSPS) is 23.2. The van der Waals surface area contributed by atoms with Crippen molar-refractivity contribution in [3.05, 3.63) is 64.1 Å². The molecular formula is C23H27N7O. The maximum Gasteiger partial charge on any atom is 0.255 e. The van der Waals surface area contributed by atoms with Gasteiger partial charge in [0.15, 0.2) is 0 Å². The molecule has 0 unspecified atom stereocenters. The average molecular weight is 418 g/mol. The monoisotopic (exact) mass is 417 g/mol. The summed E-state index contributed by atoms with van der Waals surface area (Å²) in [7, 11) is 0.